The van der Waals surface area contributed by atoms with Crippen molar-refractivity contribution in [1.82, 2.24) is 14.7 Å². The summed E-state index contributed by atoms with van der Waals surface area (Å²) in [6, 6.07) is 8.35. The van der Waals surface area contributed by atoms with Gasteiger partial charge in [0.25, 0.3) is 5.91 Å². The summed E-state index contributed by atoms with van der Waals surface area (Å²) < 4.78 is 0. The molecule has 2 unspecified atom stereocenters. The van der Waals surface area contributed by atoms with E-state index in [0.29, 0.717) is 5.92 Å². The molecule has 0 saturated carbocycles. The summed E-state index contributed by atoms with van der Waals surface area (Å²) >= 11 is 0. The van der Waals surface area contributed by atoms with Crippen molar-refractivity contribution in [3.05, 3.63) is 35.4 Å². The first-order valence-corrected chi connectivity index (χ1v) is 9.57. The molecule has 0 spiro atoms. The van der Waals surface area contributed by atoms with Crippen LogP contribution in [-0.2, 0) is 6.54 Å². The normalized spacial score (nSPS) is 22.5. The fourth-order valence-electron chi connectivity index (χ4n) is 3.82. The highest BCUT2D eigenvalue weighted by atomic mass is 35.5. The summed E-state index contributed by atoms with van der Waals surface area (Å²) in [6.07, 6.45) is 2.19. The van der Waals surface area contributed by atoms with Crippen LogP contribution in [0.5, 0.6) is 0 Å². The standard InChI is InChI=1S/C20H32N4O.2ClH/c1-16(21)19-4-3-9-24(15-19)20(25)18-7-5-17(6-8-18)14-23-12-10-22(2)11-13-23;;/h5-8,16,19H,3-4,9-15,21H2,1-2H3;2*1H. The maximum Gasteiger partial charge on any atom is 0.253 e. The topological polar surface area (TPSA) is 52.8 Å². The monoisotopic (exact) mass is 416 g/mol. The lowest BCUT2D eigenvalue weighted by Crippen LogP contribution is -2.45. The number of halogens is 2. The van der Waals surface area contributed by atoms with Crippen molar-refractivity contribution in [2.45, 2.75) is 32.4 Å². The van der Waals surface area contributed by atoms with Crippen molar-refractivity contribution < 1.29 is 4.79 Å². The zero-order valence-corrected chi connectivity index (χ0v) is 18.1. The summed E-state index contributed by atoms with van der Waals surface area (Å²) in [6.45, 7) is 9.15. The molecular weight excluding hydrogens is 383 g/mol. The van der Waals surface area contributed by atoms with Crippen molar-refractivity contribution in [1.29, 1.82) is 0 Å². The number of hydrogen-bond acceptors (Lipinski definition) is 4. The Morgan fingerprint density at radius 3 is 2.33 bits per heavy atom. The maximum atomic E-state index is 12.8. The van der Waals surface area contributed by atoms with Gasteiger partial charge in [0.1, 0.15) is 0 Å². The van der Waals surface area contributed by atoms with Gasteiger partial charge in [0.15, 0.2) is 0 Å². The third kappa shape index (κ3) is 6.61. The highest BCUT2D eigenvalue weighted by molar-refractivity contribution is 5.94. The Labute approximate surface area is 176 Å². The minimum absolute atomic E-state index is 0. The zero-order chi connectivity index (χ0) is 17.8. The first-order chi connectivity index (χ1) is 12.0. The predicted octanol–water partition coefficient (Wildman–Crippen LogP) is 2.48. The van der Waals surface area contributed by atoms with E-state index < -0.39 is 0 Å². The Bertz CT molecular complexity index is 574. The molecule has 154 valence electrons. The molecular formula is C20H34Cl2N4O. The average Bonchev–Trinajstić information content (AvgIpc) is 2.64. The summed E-state index contributed by atoms with van der Waals surface area (Å²) in [5.74, 6) is 0.575. The molecule has 2 saturated heterocycles. The fraction of sp³-hybridized carbons (Fsp3) is 0.650. The molecule has 5 nitrogen and oxygen atoms in total. The third-order valence-electron chi connectivity index (χ3n) is 5.69. The summed E-state index contributed by atoms with van der Waals surface area (Å²) in [5.41, 5.74) is 8.12. The molecule has 3 rings (SSSR count). The zero-order valence-electron chi connectivity index (χ0n) is 16.5. The second kappa shape index (κ2) is 11.2. The minimum atomic E-state index is 0. The molecule has 0 aromatic heterocycles. The Morgan fingerprint density at radius 2 is 1.74 bits per heavy atom. The van der Waals surface area contributed by atoms with Crippen LogP contribution in [0.4, 0.5) is 0 Å². The molecule has 1 aromatic carbocycles. The Balaban J connectivity index is 0.00000182. The maximum absolute atomic E-state index is 12.8. The van der Waals surface area contributed by atoms with Gasteiger partial charge in [-0.15, -0.1) is 24.8 Å². The van der Waals surface area contributed by atoms with Gasteiger partial charge in [0, 0.05) is 57.4 Å². The van der Waals surface area contributed by atoms with Gasteiger partial charge in [-0.1, -0.05) is 12.1 Å². The Morgan fingerprint density at radius 1 is 1.11 bits per heavy atom. The van der Waals surface area contributed by atoms with E-state index in [4.69, 9.17) is 5.73 Å². The lowest BCUT2D eigenvalue weighted by molar-refractivity contribution is 0.0661. The number of nitrogens with zero attached hydrogens (tertiary/aromatic N) is 3. The fourth-order valence-corrected chi connectivity index (χ4v) is 3.82. The molecule has 1 amide bonds. The SMILES string of the molecule is CC(N)C1CCCN(C(=O)c2ccc(CN3CCN(C)CC3)cc2)C1.Cl.Cl. The first kappa shape index (κ1) is 24.2. The van der Waals surface area contributed by atoms with Crippen molar-refractivity contribution in [3.8, 4) is 0 Å². The molecule has 2 N–H and O–H groups in total. The average molecular weight is 417 g/mol. The van der Waals surface area contributed by atoms with Crippen LogP contribution in [0, 0.1) is 5.92 Å². The van der Waals surface area contributed by atoms with Crippen LogP contribution in [0.15, 0.2) is 24.3 Å². The van der Waals surface area contributed by atoms with E-state index in [2.05, 4.69) is 29.0 Å². The number of carbonyl (C=O) groups is 1. The quantitative estimate of drug-likeness (QED) is 0.818. The van der Waals surface area contributed by atoms with Gasteiger partial charge in [-0.25, -0.2) is 0 Å². The van der Waals surface area contributed by atoms with Crippen LogP contribution >= 0.6 is 24.8 Å². The number of hydrogen-bond donors (Lipinski definition) is 1. The summed E-state index contributed by atoms with van der Waals surface area (Å²) in [4.78, 5) is 19.6. The lowest BCUT2D eigenvalue weighted by atomic mass is 9.92. The number of likely N-dealkylation sites (tertiary alicyclic amines) is 1. The largest absolute Gasteiger partial charge is 0.338 e. The molecule has 1 aromatic rings. The van der Waals surface area contributed by atoms with E-state index in [1.807, 2.05) is 24.0 Å². The van der Waals surface area contributed by atoms with Crippen LogP contribution in [0.2, 0.25) is 0 Å². The van der Waals surface area contributed by atoms with Crippen molar-refractivity contribution in [3.63, 3.8) is 0 Å². The minimum Gasteiger partial charge on any atom is -0.338 e. The van der Waals surface area contributed by atoms with E-state index in [9.17, 15) is 4.79 Å². The van der Waals surface area contributed by atoms with Gasteiger partial charge in [0.05, 0.1) is 0 Å². The number of nitrogens with two attached hydrogens (primary N) is 1. The number of amides is 1. The number of benzene rings is 1. The lowest BCUT2D eigenvalue weighted by Gasteiger charge is -2.34. The predicted molar refractivity (Wildman–Crippen MR) is 116 cm³/mol. The smallest absolute Gasteiger partial charge is 0.253 e. The molecule has 7 heteroatoms. The van der Waals surface area contributed by atoms with Gasteiger partial charge in [-0.3, -0.25) is 9.69 Å². The van der Waals surface area contributed by atoms with Gasteiger partial charge < -0.3 is 15.5 Å². The van der Waals surface area contributed by atoms with Crippen LogP contribution in [0.25, 0.3) is 0 Å². The Hall–Kier alpha value is -0.850. The molecule has 2 heterocycles. The van der Waals surface area contributed by atoms with E-state index >= 15 is 0 Å². The Kier molecular flexibility index (Phi) is 10.1. The second-order valence-electron chi connectivity index (χ2n) is 7.79. The molecule has 2 aliphatic heterocycles. The van der Waals surface area contributed by atoms with Crippen LogP contribution in [0.1, 0.15) is 35.7 Å². The highest BCUT2D eigenvalue weighted by Gasteiger charge is 2.26. The third-order valence-corrected chi connectivity index (χ3v) is 5.69. The second-order valence-corrected chi connectivity index (χ2v) is 7.79. The van der Waals surface area contributed by atoms with Gasteiger partial charge in [-0.05, 0) is 50.4 Å². The number of carbonyl (C=O) groups excluding carboxylic acids is 1. The van der Waals surface area contributed by atoms with E-state index in [1.165, 1.54) is 5.56 Å². The number of piperidine rings is 1. The van der Waals surface area contributed by atoms with E-state index in [0.717, 1.165) is 64.2 Å². The van der Waals surface area contributed by atoms with Crippen LogP contribution in [0.3, 0.4) is 0 Å². The number of rotatable bonds is 4. The molecule has 0 bridgehead atoms. The van der Waals surface area contributed by atoms with Crippen molar-refractivity contribution in [2.24, 2.45) is 11.7 Å². The van der Waals surface area contributed by atoms with Gasteiger partial charge >= 0.3 is 0 Å². The van der Waals surface area contributed by atoms with E-state index in [1.54, 1.807) is 0 Å². The van der Waals surface area contributed by atoms with Gasteiger partial charge in [0.2, 0.25) is 0 Å². The number of likely N-dealkylation sites (N-methyl/N-ethyl adjacent to an activating group) is 1. The van der Waals surface area contributed by atoms with Crippen LogP contribution in [-0.4, -0.2) is 73.0 Å². The van der Waals surface area contributed by atoms with Gasteiger partial charge in [-0.2, -0.15) is 0 Å². The summed E-state index contributed by atoms with van der Waals surface area (Å²) in [5, 5.41) is 0. The van der Waals surface area contributed by atoms with Crippen molar-refractivity contribution >= 4 is 30.7 Å². The molecule has 2 aliphatic rings. The van der Waals surface area contributed by atoms with E-state index in [-0.39, 0.29) is 36.8 Å². The first-order valence-electron chi connectivity index (χ1n) is 9.57. The molecule has 2 fully saturated rings. The van der Waals surface area contributed by atoms with Crippen LogP contribution < -0.4 is 5.73 Å². The molecule has 0 radical (unpaired) electrons. The van der Waals surface area contributed by atoms with Crippen molar-refractivity contribution in [2.75, 3.05) is 46.3 Å². The molecule has 0 aliphatic carbocycles. The molecule has 27 heavy (non-hydrogen) atoms. The number of piperazine rings is 1. The molecule has 2 atom stereocenters. The summed E-state index contributed by atoms with van der Waals surface area (Å²) in [7, 11) is 2.17. The highest BCUT2D eigenvalue weighted by Crippen LogP contribution is 2.21.